The van der Waals surface area contributed by atoms with Gasteiger partial charge < -0.3 is 9.47 Å². The van der Waals surface area contributed by atoms with Crippen molar-refractivity contribution < 1.29 is 52.5 Å². The first-order valence-electron chi connectivity index (χ1n) is 19.3. The van der Waals surface area contributed by atoms with E-state index in [-0.39, 0.29) is 31.2 Å². The van der Waals surface area contributed by atoms with Gasteiger partial charge in [0.15, 0.2) is 24.6 Å². The minimum absolute atomic E-state index is 0.152. The summed E-state index contributed by atoms with van der Waals surface area (Å²) in [4.78, 5) is 25.2. The molecule has 0 unspecified atom stereocenters. The van der Waals surface area contributed by atoms with E-state index in [4.69, 9.17) is 28.1 Å². The summed E-state index contributed by atoms with van der Waals surface area (Å²) in [5.41, 5.74) is 3.35. The third-order valence-corrected chi connectivity index (χ3v) is 8.84. The van der Waals surface area contributed by atoms with Crippen LogP contribution in [0.25, 0.3) is 0 Å². The summed E-state index contributed by atoms with van der Waals surface area (Å²) in [6, 6.07) is 4.03. The van der Waals surface area contributed by atoms with Gasteiger partial charge in [0.05, 0.1) is 0 Å². The van der Waals surface area contributed by atoms with Crippen LogP contribution in [0.4, 0.5) is 0 Å². The molecular weight excluding hydrogens is 646 g/mol. The third-order valence-electron chi connectivity index (χ3n) is 8.84. The van der Waals surface area contributed by atoms with Crippen molar-refractivity contribution in [1.82, 2.24) is 0 Å². The summed E-state index contributed by atoms with van der Waals surface area (Å²) in [5.74, 6) is -0.303. The first-order valence-corrected chi connectivity index (χ1v) is 20.5. The summed E-state index contributed by atoms with van der Waals surface area (Å²) in [6.45, 7) is 11.2. The first-order chi connectivity index (χ1) is 23.4. The molecule has 0 saturated heterocycles. The smallest absolute Gasteiger partial charge is 0.306 e. The highest BCUT2D eigenvalue weighted by Gasteiger charge is 2.27. The van der Waals surface area contributed by atoms with Gasteiger partial charge in [0, 0.05) is 38.8 Å². The molecule has 0 radical (unpaired) electrons. The van der Waals surface area contributed by atoms with Gasteiger partial charge in [0.2, 0.25) is 6.04 Å². The zero-order valence-electron chi connectivity index (χ0n) is 31.7. The molecule has 10 heteroatoms. The number of aryl methyl sites for hydroxylation is 3. The minimum atomic E-state index is -4.94. The van der Waals surface area contributed by atoms with Crippen molar-refractivity contribution in [3.63, 3.8) is 0 Å². The summed E-state index contributed by atoms with van der Waals surface area (Å²) >= 11 is 0. The Hall–Kier alpha value is -1.78. The van der Waals surface area contributed by atoms with Crippen LogP contribution in [0.2, 0.25) is 0 Å². The van der Waals surface area contributed by atoms with Gasteiger partial charge in [0.25, 0.3) is 0 Å². The molecule has 286 valence electrons. The highest BCUT2D eigenvalue weighted by molar-refractivity contribution is 5.69. The number of unbranched alkanes of at least 4 members (excludes halogenated alkanes) is 20. The van der Waals surface area contributed by atoms with Crippen molar-refractivity contribution in [3.8, 4) is 0 Å². The Bertz CT molecular complexity index is 898. The van der Waals surface area contributed by atoms with Gasteiger partial charge in [-0.15, -0.1) is 10.2 Å². The van der Waals surface area contributed by atoms with Gasteiger partial charge in [-0.25, -0.2) is 18.6 Å². The lowest BCUT2D eigenvalue weighted by molar-refractivity contribution is -2.00. The van der Waals surface area contributed by atoms with E-state index in [1.807, 2.05) is 0 Å². The van der Waals surface area contributed by atoms with E-state index < -0.39 is 10.2 Å². The number of rotatable bonds is 29. The molecule has 0 aliphatic rings. The van der Waals surface area contributed by atoms with Gasteiger partial charge in [-0.2, -0.15) is 4.57 Å². The Morgan fingerprint density at radius 1 is 0.551 bits per heavy atom. The number of ether oxygens (including phenoxy) is 2. The molecule has 0 saturated carbocycles. The standard InChI is InChI=1S/C39H70NO4.ClHO4/c1-6-8-10-12-14-16-18-20-22-24-26-28-38(41)43-32-37(40-35(4)30-34(3)31-36(40)5)33-44-39(42)29-27-25-23-21-19-17-15-13-11-9-7-2;2-1(3,4)5/h30-31,37H,6-29,32-33H2,1-5H3;(H,2,3,4,5)/q+1;/p-1. The molecule has 0 spiro atoms. The number of hydrogen-bond donors (Lipinski definition) is 0. The quantitative estimate of drug-likeness (QED) is 0.0543. The van der Waals surface area contributed by atoms with E-state index in [1.165, 1.54) is 121 Å². The fraction of sp³-hybridized carbons (Fsp3) is 0.821. The maximum absolute atomic E-state index is 12.6. The second-order valence-electron chi connectivity index (χ2n) is 13.7. The van der Waals surface area contributed by atoms with Gasteiger partial charge in [-0.05, 0) is 25.3 Å². The largest absolute Gasteiger partial charge is 0.458 e. The predicted molar refractivity (Wildman–Crippen MR) is 184 cm³/mol. The third kappa shape index (κ3) is 30.7. The Balaban J connectivity index is 0.00000427. The number of carbonyl (C=O) groups excluding carboxylic acids is 2. The number of carbonyl (C=O) groups is 2. The van der Waals surface area contributed by atoms with E-state index in [0.717, 1.165) is 37.1 Å². The molecule has 1 rings (SSSR count). The maximum Gasteiger partial charge on any atom is 0.306 e. The molecular formula is C39H70ClNO8. The van der Waals surface area contributed by atoms with Crippen molar-refractivity contribution >= 4 is 11.9 Å². The SMILES string of the molecule is CCCCCCCCCCCCCC(=O)OCC(COC(=O)CCCCCCCCCCCCC)[n+]1c(C)cc(C)cc1C.[O-][Cl+3]([O-])([O-])[O-]. The number of esters is 2. The lowest BCUT2D eigenvalue weighted by Crippen LogP contribution is -2.68. The number of halogens is 1. The van der Waals surface area contributed by atoms with E-state index in [0.29, 0.717) is 12.8 Å². The summed E-state index contributed by atoms with van der Waals surface area (Å²) in [5, 5.41) is 0. The van der Waals surface area contributed by atoms with Crippen LogP contribution >= 0.6 is 0 Å². The van der Waals surface area contributed by atoms with E-state index in [1.54, 1.807) is 0 Å². The summed E-state index contributed by atoms with van der Waals surface area (Å²) in [6.07, 6.45) is 28.6. The van der Waals surface area contributed by atoms with Gasteiger partial charge >= 0.3 is 11.9 Å². The molecule has 0 fully saturated rings. The van der Waals surface area contributed by atoms with E-state index in [2.05, 4.69) is 51.3 Å². The summed E-state index contributed by atoms with van der Waals surface area (Å²) in [7, 11) is -4.94. The molecule has 0 bridgehead atoms. The molecule has 0 aromatic carbocycles. The molecule has 0 amide bonds. The molecule has 0 aliphatic heterocycles. The van der Waals surface area contributed by atoms with Crippen molar-refractivity contribution in [2.45, 2.75) is 195 Å². The molecule has 1 aromatic heterocycles. The van der Waals surface area contributed by atoms with Crippen molar-refractivity contribution in [3.05, 3.63) is 29.1 Å². The van der Waals surface area contributed by atoms with Crippen molar-refractivity contribution in [1.29, 1.82) is 0 Å². The number of aromatic nitrogens is 1. The molecule has 1 aromatic rings. The van der Waals surface area contributed by atoms with Crippen LogP contribution in [-0.4, -0.2) is 25.2 Å². The van der Waals surface area contributed by atoms with Crippen LogP contribution < -0.4 is 23.2 Å². The lowest BCUT2D eigenvalue weighted by Gasteiger charge is -2.17. The topological polar surface area (TPSA) is 149 Å². The van der Waals surface area contributed by atoms with E-state index in [9.17, 15) is 9.59 Å². The van der Waals surface area contributed by atoms with Crippen molar-refractivity contribution in [2.24, 2.45) is 0 Å². The van der Waals surface area contributed by atoms with Gasteiger partial charge in [-0.3, -0.25) is 9.59 Å². The number of hydrogen-bond acceptors (Lipinski definition) is 8. The zero-order chi connectivity index (χ0) is 36.8. The fourth-order valence-electron chi connectivity index (χ4n) is 6.28. The predicted octanol–water partition coefficient (Wildman–Crippen LogP) is 6.17. The van der Waals surface area contributed by atoms with Crippen molar-refractivity contribution in [2.75, 3.05) is 13.2 Å². The second kappa shape index (κ2) is 31.0. The van der Waals surface area contributed by atoms with Crippen LogP contribution in [0.3, 0.4) is 0 Å². The van der Waals surface area contributed by atoms with Crippen LogP contribution in [-0.2, 0) is 19.1 Å². The molecule has 9 nitrogen and oxygen atoms in total. The van der Waals surface area contributed by atoms with Gasteiger partial charge in [0.1, 0.15) is 0 Å². The average molecular weight is 716 g/mol. The monoisotopic (exact) mass is 715 g/mol. The zero-order valence-corrected chi connectivity index (χ0v) is 32.5. The molecule has 0 aliphatic carbocycles. The molecule has 0 atom stereocenters. The molecule has 1 heterocycles. The highest BCUT2D eigenvalue weighted by atomic mass is 35.7. The van der Waals surface area contributed by atoms with Crippen LogP contribution in [0.5, 0.6) is 0 Å². The molecule has 0 N–H and O–H groups in total. The molecule has 49 heavy (non-hydrogen) atoms. The second-order valence-corrected chi connectivity index (χ2v) is 14.4. The maximum atomic E-state index is 12.6. The fourth-order valence-corrected chi connectivity index (χ4v) is 6.28. The number of pyridine rings is 1. The Kier molecular flexibility index (Phi) is 29.9. The lowest BCUT2D eigenvalue weighted by atomic mass is 10.1. The Morgan fingerprint density at radius 2 is 0.816 bits per heavy atom. The van der Waals surface area contributed by atoms with E-state index >= 15 is 0 Å². The average Bonchev–Trinajstić information content (AvgIpc) is 3.02. The van der Waals surface area contributed by atoms with Gasteiger partial charge in [-0.1, -0.05) is 142 Å². The normalized spacial score (nSPS) is 11.4. The Labute approximate surface area is 300 Å². The van der Waals surface area contributed by atoms with Crippen LogP contribution in [0, 0.1) is 31.0 Å². The minimum Gasteiger partial charge on any atom is -0.458 e. The Morgan fingerprint density at radius 3 is 1.10 bits per heavy atom. The highest BCUT2D eigenvalue weighted by Crippen LogP contribution is 2.15. The van der Waals surface area contributed by atoms with Crippen LogP contribution in [0.15, 0.2) is 12.1 Å². The number of nitrogens with zero attached hydrogens (tertiary/aromatic N) is 1. The van der Waals surface area contributed by atoms with Crippen LogP contribution in [0.1, 0.15) is 191 Å². The first kappa shape index (κ1) is 47.2. The summed E-state index contributed by atoms with van der Waals surface area (Å²) < 4.78 is 47.6.